The molecule has 0 radical (unpaired) electrons. The van der Waals surface area contributed by atoms with Crippen molar-refractivity contribution in [3.8, 4) is 17.2 Å². The third kappa shape index (κ3) is 5.62. The second kappa shape index (κ2) is 9.83. The number of nitrogens with one attached hydrogen (secondary N) is 1. The first-order valence-corrected chi connectivity index (χ1v) is 8.87. The topological polar surface area (TPSA) is 69.2 Å². The van der Waals surface area contributed by atoms with Crippen molar-refractivity contribution in [2.45, 2.75) is 26.4 Å². The van der Waals surface area contributed by atoms with E-state index < -0.39 is 0 Å². The minimum Gasteiger partial charge on any atom is -0.497 e. The molecule has 6 nitrogen and oxygen atoms in total. The molecule has 0 aliphatic heterocycles. The molecule has 1 N–H and O–H groups in total. The average Bonchev–Trinajstić information content (AvgIpc) is 2.69. The Labute approximate surface area is 164 Å². The highest BCUT2D eigenvalue weighted by Crippen LogP contribution is 2.37. The summed E-state index contributed by atoms with van der Waals surface area (Å²) in [6.45, 7) is 3.98. The molecule has 1 atom stereocenters. The summed E-state index contributed by atoms with van der Waals surface area (Å²) in [7, 11) is 3.08. The average molecular weight is 391 g/mol. The molecule has 0 bridgehead atoms. The van der Waals surface area contributed by atoms with Crippen LogP contribution in [-0.2, 0) is 0 Å². The summed E-state index contributed by atoms with van der Waals surface area (Å²) in [6.07, 6.45) is 2.34. The number of hydrogen-bond acceptors (Lipinski definition) is 5. The van der Waals surface area contributed by atoms with Gasteiger partial charge in [-0.1, -0.05) is 24.6 Å². The first-order valence-electron chi connectivity index (χ1n) is 8.50. The fraction of sp³-hybridized carbons (Fsp3) is 0.300. The molecule has 0 aliphatic rings. The van der Waals surface area contributed by atoms with Gasteiger partial charge in [0.15, 0.2) is 11.5 Å². The van der Waals surface area contributed by atoms with E-state index in [1.165, 1.54) is 6.21 Å². The highest BCUT2D eigenvalue weighted by molar-refractivity contribution is 6.32. The van der Waals surface area contributed by atoms with Gasteiger partial charge in [-0.15, -0.1) is 0 Å². The van der Waals surface area contributed by atoms with Crippen LogP contribution in [0.5, 0.6) is 17.2 Å². The molecule has 0 unspecified atom stereocenters. The first-order chi connectivity index (χ1) is 13.0. The van der Waals surface area contributed by atoms with Crippen LogP contribution in [0.3, 0.4) is 0 Å². The van der Waals surface area contributed by atoms with E-state index in [-0.39, 0.29) is 12.0 Å². The smallest absolute Gasteiger partial charge is 0.271 e. The molecule has 144 valence electrons. The number of methoxy groups -OCH3 is 2. The Balaban J connectivity index is 2.12. The Bertz CT molecular complexity index is 824. The molecule has 2 rings (SSSR count). The normalized spacial score (nSPS) is 11.9. The number of hydrazone groups is 1. The predicted molar refractivity (Wildman–Crippen MR) is 106 cm³/mol. The minimum atomic E-state index is -0.347. The van der Waals surface area contributed by atoms with Crippen molar-refractivity contribution in [1.29, 1.82) is 0 Å². The zero-order chi connectivity index (χ0) is 19.8. The van der Waals surface area contributed by atoms with Crippen molar-refractivity contribution >= 4 is 23.7 Å². The number of amides is 1. The molecule has 1 amide bonds. The van der Waals surface area contributed by atoms with Gasteiger partial charge in [0.2, 0.25) is 0 Å². The van der Waals surface area contributed by atoms with E-state index in [4.69, 9.17) is 25.8 Å². The van der Waals surface area contributed by atoms with Crippen molar-refractivity contribution in [1.82, 2.24) is 5.43 Å². The van der Waals surface area contributed by atoms with Gasteiger partial charge in [0.05, 0.1) is 31.6 Å². The number of carbonyl (C=O) groups is 1. The summed E-state index contributed by atoms with van der Waals surface area (Å²) in [4.78, 5) is 12.2. The summed E-state index contributed by atoms with van der Waals surface area (Å²) >= 11 is 6.32. The molecule has 0 aliphatic carbocycles. The molecule has 2 aromatic rings. The van der Waals surface area contributed by atoms with E-state index in [0.717, 1.165) is 6.42 Å². The Hall–Kier alpha value is -2.73. The van der Waals surface area contributed by atoms with E-state index in [2.05, 4.69) is 10.5 Å². The molecule has 0 saturated heterocycles. The molecule has 0 spiro atoms. The Kier molecular flexibility index (Phi) is 7.49. The van der Waals surface area contributed by atoms with E-state index in [1.54, 1.807) is 50.6 Å². The maximum absolute atomic E-state index is 12.2. The van der Waals surface area contributed by atoms with Crippen LogP contribution in [0.15, 0.2) is 41.5 Å². The van der Waals surface area contributed by atoms with Crippen molar-refractivity contribution < 1.29 is 19.0 Å². The lowest BCUT2D eigenvalue weighted by Gasteiger charge is -2.17. The van der Waals surface area contributed by atoms with Gasteiger partial charge in [0.1, 0.15) is 5.75 Å². The summed E-state index contributed by atoms with van der Waals surface area (Å²) in [5.41, 5.74) is 3.58. The lowest BCUT2D eigenvalue weighted by molar-refractivity contribution is 0.0955. The van der Waals surface area contributed by atoms with Crippen LogP contribution in [0.1, 0.15) is 36.2 Å². The number of halogens is 1. The van der Waals surface area contributed by atoms with Crippen LogP contribution in [-0.4, -0.2) is 32.4 Å². The first kappa shape index (κ1) is 20.6. The summed E-state index contributed by atoms with van der Waals surface area (Å²) in [6, 6.07) is 10.2. The van der Waals surface area contributed by atoms with Crippen molar-refractivity contribution in [2.24, 2.45) is 5.10 Å². The zero-order valence-electron chi connectivity index (χ0n) is 15.8. The van der Waals surface area contributed by atoms with Crippen molar-refractivity contribution in [3.05, 3.63) is 52.5 Å². The standard InChI is InChI=1S/C20H23ClN2O4/c1-5-13(2)27-19-17(21)9-14(10-18(19)26-4)12-22-23-20(24)15-7-6-8-16(11-15)25-3/h6-13H,5H2,1-4H3,(H,23,24)/b22-12-/t13-/m1/s1. The minimum absolute atomic E-state index is 0.0121. The molecular weight excluding hydrogens is 368 g/mol. The van der Waals surface area contributed by atoms with E-state index >= 15 is 0 Å². The second-order valence-corrected chi connectivity index (χ2v) is 6.21. The quantitative estimate of drug-likeness (QED) is 0.539. The molecule has 0 aromatic heterocycles. The fourth-order valence-electron chi connectivity index (χ4n) is 2.21. The van der Waals surface area contributed by atoms with E-state index in [9.17, 15) is 4.79 Å². The SMILES string of the molecule is CC[C@@H](C)Oc1c(Cl)cc(/C=N\NC(=O)c2cccc(OC)c2)cc1OC. The van der Waals surface area contributed by atoms with Gasteiger partial charge < -0.3 is 14.2 Å². The third-order valence-electron chi connectivity index (χ3n) is 3.86. The number of benzene rings is 2. The summed E-state index contributed by atoms with van der Waals surface area (Å²) in [5, 5.41) is 4.39. The van der Waals surface area contributed by atoms with Gasteiger partial charge in [0, 0.05) is 5.56 Å². The molecule has 7 heteroatoms. The Morgan fingerprint density at radius 2 is 2.04 bits per heavy atom. The zero-order valence-corrected chi connectivity index (χ0v) is 16.5. The second-order valence-electron chi connectivity index (χ2n) is 5.80. The number of ether oxygens (including phenoxy) is 3. The van der Waals surface area contributed by atoms with E-state index in [0.29, 0.717) is 33.4 Å². The van der Waals surface area contributed by atoms with Crippen LogP contribution < -0.4 is 19.6 Å². The third-order valence-corrected chi connectivity index (χ3v) is 4.14. The highest BCUT2D eigenvalue weighted by Gasteiger charge is 2.14. The van der Waals surface area contributed by atoms with Gasteiger partial charge in [0.25, 0.3) is 5.91 Å². The lowest BCUT2D eigenvalue weighted by Crippen LogP contribution is -2.17. The molecule has 2 aromatic carbocycles. The van der Waals surface area contributed by atoms with Crippen molar-refractivity contribution in [3.63, 3.8) is 0 Å². The van der Waals surface area contributed by atoms with Gasteiger partial charge >= 0.3 is 0 Å². The Morgan fingerprint density at radius 3 is 2.70 bits per heavy atom. The molecule has 0 fully saturated rings. The maximum Gasteiger partial charge on any atom is 0.271 e. The number of hydrogen-bond donors (Lipinski definition) is 1. The van der Waals surface area contributed by atoms with Gasteiger partial charge in [-0.3, -0.25) is 4.79 Å². The molecule has 27 heavy (non-hydrogen) atoms. The maximum atomic E-state index is 12.2. The van der Waals surface area contributed by atoms with Crippen LogP contribution in [0.2, 0.25) is 5.02 Å². The Morgan fingerprint density at radius 1 is 1.26 bits per heavy atom. The fourth-order valence-corrected chi connectivity index (χ4v) is 2.47. The van der Waals surface area contributed by atoms with Crippen molar-refractivity contribution in [2.75, 3.05) is 14.2 Å². The van der Waals surface area contributed by atoms with Crippen LogP contribution in [0.4, 0.5) is 0 Å². The lowest BCUT2D eigenvalue weighted by atomic mass is 10.2. The summed E-state index contributed by atoms with van der Waals surface area (Å²) in [5.74, 6) is 1.24. The highest BCUT2D eigenvalue weighted by atomic mass is 35.5. The molecule has 0 heterocycles. The largest absolute Gasteiger partial charge is 0.497 e. The summed E-state index contributed by atoms with van der Waals surface area (Å²) < 4.78 is 16.3. The number of nitrogens with zero attached hydrogens (tertiary/aromatic N) is 1. The van der Waals surface area contributed by atoms with Gasteiger partial charge in [-0.05, 0) is 49.2 Å². The number of rotatable bonds is 8. The monoisotopic (exact) mass is 390 g/mol. The van der Waals surface area contributed by atoms with Gasteiger partial charge in [-0.2, -0.15) is 5.10 Å². The van der Waals surface area contributed by atoms with Crippen LogP contribution in [0.25, 0.3) is 0 Å². The predicted octanol–water partition coefficient (Wildman–Crippen LogP) is 4.30. The van der Waals surface area contributed by atoms with Crippen LogP contribution >= 0.6 is 11.6 Å². The molecular formula is C20H23ClN2O4. The van der Waals surface area contributed by atoms with Crippen LogP contribution in [0, 0.1) is 0 Å². The van der Waals surface area contributed by atoms with E-state index in [1.807, 2.05) is 13.8 Å². The van der Waals surface area contributed by atoms with Gasteiger partial charge in [-0.25, -0.2) is 5.43 Å². The number of carbonyl (C=O) groups excluding carboxylic acids is 1. The molecule has 0 saturated carbocycles.